The number of furan rings is 1. The van der Waals surface area contributed by atoms with Crippen molar-refractivity contribution in [3.63, 3.8) is 0 Å². The van der Waals surface area contributed by atoms with Crippen LogP contribution in [-0.4, -0.2) is 4.98 Å². The lowest BCUT2D eigenvalue weighted by molar-refractivity contribution is 0.450. The molecule has 0 saturated heterocycles. The Kier molecular flexibility index (Phi) is 3.19. The van der Waals surface area contributed by atoms with Gasteiger partial charge in [-0.2, -0.15) is 10.5 Å². The number of aromatic nitrogens is 1. The van der Waals surface area contributed by atoms with Crippen molar-refractivity contribution in [2.75, 3.05) is 0 Å². The van der Waals surface area contributed by atoms with E-state index in [1.54, 1.807) is 24.3 Å². The van der Waals surface area contributed by atoms with Crippen LogP contribution in [0.25, 0.3) is 11.0 Å². The zero-order chi connectivity index (χ0) is 14.8. The number of benzene rings is 1. The van der Waals surface area contributed by atoms with Crippen LogP contribution in [0.5, 0.6) is 11.6 Å². The average molecular weight is 296 g/mol. The SMILES string of the molecule is N#Cc1ccnc(Oc2c(C#N)oc3ccccc23)c1Cl. The number of halogens is 1. The molecule has 3 rings (SSSR count). The van der Waals surface area contributed by atoms with E-state index in [1.165, 1.54) is 12.3 Å². The number of fused-ring (bicyclic) bond motifs is 1. The van der Waals surface area contributed by atoms with Crippen molar-refractivity contribution in [2.45, 2.75) is 0 Å². The molecular weight excluding hydrogens is 290 g/mol. The third-order valence-corrected chi connectivity index (χ3v) is 3.19. The minimum atomic E-state index is 0.0245. The maximum Gasteiger partial charge on any atom is 0.247 e. The number of nitriles is 2. The Balaban J connectivity index is 2.15. The van der Waals surface area contributed by atoms with E-state index in [-0.39, 0.29) is 28.0 Å². The molecule has 0 radical (unpaired) electrons. The highest BCUT2D eigenvalue weighted by Gasteiger charge is 2.18. The van der Waals surface area contributed by atoms with Gasteiger partial charge >= 0.3 is 0 Å². The zero-order valence-corrected chi connectivity index (χ0v) is 11.3. The van der Waals surface area contributed by atoms with Crippen LogP contribution in [0.2, 0.25) is 5.02 Å². The maximum absolute atomic E-state index is 9.14. The molecule has 1 aromatic carbocycles. The number of rotatable bonds is 2. The van der Waals surface area contributed by atoms with E-state index in [1.807, 2.05) is 12.1 Å². The molecule has 3 aromatic rings. The van der Waals surface area contributed by atoms with Crippen LogP contribution in [0.15, 0.2) is 40.9 Å². The van der Waals surface area contributed by atoms with Gasteiger partial charge in [0, 0.05) is 6.20 Å². The normalized spacial score (nSPS) is 10.0. The molecular formula is C15H6ClN3O2. The molecule has 0 atom stereocenters. The number of ether oxygens (including phenoxy) is 1. The summed E-state index contributed by atoms with van der Waals surface area (Å²) in [7, 11) is 0. The molecule has 0 amide bonds. The second-order valence-electron chi connectivity index (χ2n) is 4.06. The number of hydrogen-bond donors (Lipinski definition) is 0. The smallest absolute Gasteiger partial charge is 0.247 e. The van der Waals surface area contributed by atoms with E-state index >= 15 is 0 Å². The van der Waals surface area contributed by atoms with Crippen LogP contribution in [-0.2, 0) is 0 Å². The number of para-hydroxylation sites is 1. The largest absolute Gasteiger partial charge is 0.442 e. The Bertz CT molecular complexity index is 919. The summed E-state index contributed by atoms with van der Waals surface area (Å²) in [6.07, 6.45) is 1.41. The zero-order valence-electron chi connectivity index (χ0n) is 10.5. The van der Waals surface area contributed by atoms with Gasteiger partial charge in [0.05, 0.1) is 10.9 Å². The molecule has 2 heterocycles. The molecule has 0 N–H and O–H groups in total. The van der Waals surface area contributed by atoms with Gasteiger partial charge in [-0.05, 0) is 18.2 Å². The monoisotopic (exact) mass is 295 g/mol. The highest BCUT2D eigenvalue weighted by molar-refractivity contribution is 6.33. The molecule has 0 saturated carbocycles. The van der Waals surface area contributed by atoms with E-state index < -0.39 is 0 Å². The fourth-order valence-corrected chi connectivity index (χ4v) is 2.07. The first-order valence-corrected chi connectivity index (χ1v) is 6.26. The van der Waals surface area contributed by atoms with Crippen molar-refractivity contribution >= 4 is 22.6 Å². The van der Waals surface area contributed by atoms with Crippen molar-refractivity contribution < 1.29 is 9.15 Å². The maximum atomic E-state index is 9.14. The summed E-state index contributed by atoms with van der Waals surface area (Å²) < 4.78 is 11.0. The van der Waals surface area contributed by atoms with Gasteiger partial charge in [0.1, 0.15) is 22.7 Å². The second kappa shape index (κ2) is 5.16. The van der Waals surface area contributed by atoms with Crippen molar-refractivity contribution in [3.05, 3.63) is 52.9 Å². The van der Waals surface area contributed by atoms with Crippen LogP contribution < -0.4 is 4.74 Å². The summed E-state index contributed by atoms with van der Waals surface area (Å²) in [5.74, 6) is 0.313. The van der Waals surface area contributed by atoms with Crippen LogP contribution in [0.4, 0.5) is 0 Å². The molecule has 6 heteroatoms. The van der Waals surface area contributed by atoms with Gasteiger partial charge in [-0.25, -0.2) is 4.98 Å². The van der Waals surface area contributed by atoms with Gasteiger partial charge in [-0.1, -0.05) is 23.7 Å². The quantitative estimate of drug-likeness (QED) is 0.713. The van der Waals surface area contributed by atoms with Crippen LogP contribution in [0, 0.1) is 22.7 Å². The van der Waals surface area contributed by atoms with E-state index in [0.717, 1.165) is 0 Å². The van der Waals surface area contributed by atoms with Crippen LogP contribution >= 0.6 is 11.6 Å². The standard InChI is InChI=1S/C15H6ClN3O2/c16-13-9(7-17)5-6-19-15(13)21-14-10-3-1-2-4-11(10)20-12(14)8-18/h1-6H. The van der Waals surface area contributed by atoms with Gasteiger partial charge in [0.25, 0.3) is 0 Å². The van der Waals surface area contributed by atoms with Crippen molar-refractivity contribution in [2.24, 2.45) is 0 Å². The Morgan fingerprint density at radius 2 is 1.95 bits per heavy atom. The molecule has 0 aliphatic carbocycles. The Morgan fingerprint density at radius 1 is 1.14 bits per heavy atom. The summed E-state index contributed by atoms with van der Waals surface area (Å²) in [5.41, 5.74) is 0.768. The highest BCUT2D eigenvalue weighted by atomic mass is 35.5. The molecule has 5 nitrogen and oxygen atoms in total. The molecule has 0 bridgehead atoms. The Labute approximate surface area is 124 Å². The van der Waals surface area contributed by atoms with E-state index in [4.69, 9.17) is 31.3 Å². The van der Waals surface area contributed by atoms with Gasteiger partial charge in [0.2, 0.25) is 11.6 Å². The summed E-state index contributed by atoms with van der Waals surface area (Å²) in [6, 6.07) is 12.4. The fraction of sp³-hybridized carbons (Fsp3) is 0. The summed E-state index contributed by atoms with van der Waals surface area (Å²) in [5, 5.41) is 18.8. The summed E-state index contributed by atoms with van der Waals surface area (Å²) in [6.45, 7) is 0. The predicted molar refractivity (Wildman–Crippen MR) is 75.0 cm³/mol. The number of nitrogens with zero attached hydrogens (tertiary/aromatic N) is 3. The second-order valence-corrected chi connectivity index (χ2v) is 4.44. The van der Waals surface area contributed by atoms with Crippen molar-refractivity contribution in [1.29, 1.82) is 10.5 Å². The molecule has 100 valence electrons. The summed E-state index contributed by atoms with van der Waals surface area (Å²) in [4.78, 5) is 3.99. The van der Waals surface area contributed by atoms with Crippen molar-refractivity contribution in [3.8, 4) is 23.8 Å². The third kappa shape index (κ3) is 2.16. The lowest BCUT2D eigenvalue weighted by Crippen LogP contribution is -1.91. The topological polar surface area (TPSA) is 82.8 Å². The van der Waals surface area contributed by atoms with Crippen LogP contribution in [0.3, 0.4) is 0 Å². The molecule has 2 aromatic heterocycles. The molecule has 0 aliphatic rings. The van der Waals surface area contributed by atoms with E-state index in [0.29, 0.717) is 11.0 Å². The Morgan fingerprint density at radius 3 is 2.71 bits per heavy atom. The van der Waals surface area contributed by atoms with Gasteiger partial charge in [-0.15, -0.1) is 0 Å². The van der Waals surface area contributed by atoms with Gasteiger partial charge in [-0.3, -0.25) is 0 Å². The molecule has 0 aliphatic heterocycles. The number of hydrogen-bond acceptors (Lipinski definition) is 5. The van der Waals surface area contributed by atoms with E-state index in [9.17, 15) is 0 Å². The molecule has 0 unspecified atom stereocenters. The first kappa shape index (κ1) is 13.0. The minimum absolute atomic E-state index is 0.0245. The molecule has 0 spiro atoms. The minimum Gasteiger partial charge on any atom is -0.442 e. The Hall–Kier alpha value is -3.02. The highest BCUT2D eigenvalue weighted by Crippen LogP contribution is 2.37. The number of pyridine rings is 1. The lowest BCUT2D eigenvalue weighted by atomic mass is 10.2. The predicted octanol–water partition coefficient (Wildman–Crippen LogP) is 4.02. The van der Waals surface area contributed by atoms with E-state index in [2.05, 4.69) is 4.98 Å². The average Bonchev–Trinajstić information content (AvgIpc) is 2.87. The van der Waals surface area contributed by atoms with Gasteiger partial charge in [0.15, 0.2) is 5.75 Å². The van der Waals surface area contributed by atoms with Crippen LogP contribution in [0.1, 0.15) is 11.3 Å². The first-order valence-electron chi connectivity index (χ1n) is 5.88. The molecule has 0 fully saturated rings. The third-order valence-electron chi connectivity index (χ3n) is 2.83. The fourth-order valence-electron chi connectivity index (χ4n) is 1.88. The first-order chi connectivity index (χ1) is 10.2. The lowest BCUT2D eigenvalue weighted by Gasteiger charge is -2.05. The van der Waals surface area contributed by atoms with Gasteiger partial charge < -0.3 is 9.15 Å². The van der Waals surface area contributed by atoms with Crippen molar-refractivity contribution in [1.82, 2.24) is 4.98 Å². The molecule has 21 heavy (non-hydrogen) atoms. The summed E-state index contributed by atoms with van der Waals surface area (Å²) >= 11 is 6.05.